The second-order valence-corrected chi connectivity index (χ2v) is 7.79. The number of hydrogen-bond donors (Lipinski definition) is 0. The lowest BCUT2D eigenvalue weighted by Crippen LogP contribution is -2.36. The molecule has 0 fully saturated rings. The van der Waals surface area contributed by atoms with Crippen LogP contribution in [0.25, 0.3) is 22.0 Å². The van der Waals surface area contributed by atoms with Gasteiger partial charge in [-0.25, -0.2) is 4.68 Å². The van der Waals surface area contributed by atoms with E-state index in [4.69, 9.17) is 4.42 Å². The number of furan rings is 1. The van der Waals surface area contributed by atoms with Gasteiger partial charge in [0.2, 0.25) is 5.91 Å². The lowest BCUT2D eigenvalue weighted by molar-refractivity contribution is -0.130. The van der Waals surface area contributed by atoms with E-state index in [0.717, 1.165) is 17.0 Å². The normalized spacial score (nSPS) is 11.6. The zero-order valence-electron chi connectivity index (χ0n) is 17.6. The maximum Gasteiger partial charge on any atom is 0.291 e. The molecule has 0 spiro atoms. The van der Waals surface area contributed by atoms with E-state index in [-0.39, 0.29) is 24.1 Å². The van der Waals surface area contributed by atoms with Crippen molar-refractivity contribution in [3.8, 4) is 0 Å². The van der Waals surface area contributed by atoms with E-state index in [9.17, 15) is 9.59 Å². The lowest BCUT2D eigenvalue weighted by Gasteiger charge is -2.17. The fourth-order valence-corrected chi connectivity index (χ4v) is 3.72. The van der Waals surface area contributed by atoms with Crippen LogP contribution in [-0.4, -0.2) is 43.7 Å². The highest BCUT2D eigenvalue weighted by Crippen LogP contribution is 2.31. The molecule has 0 saturated heterocycles. The first-order valence-electron chi connectivity index (χ1n) is 10.0. The van der Waals surface area contributed by atoms with E-state index >= 15 is 0 Å². The zero-order chi connectivity index (χ0) is 21.4. The Kier molecular flexibility index (Phi) is 5.15. The Morgan fingerprint density at radius 2 is 2.10 bits per heavy atom. The molecule has 0 N–H and O–H groups in total. The largest absolute Gasteiger partial charge is 0.459 e. The molecular formula is C22H25N5O3. The van der Waals surface area contributed by atoms with Crippen LogP contribution in [0.5, 0.6) is 0 Å². The molecule has 0 unspecified atom stereocenters. The van der Waals surface area contributed by atoms with Crippen molar-refractivity contribution >= 4 is 27.9 Å². The van der Waals surface area contributed by atoms with Gasteiger partial charge < -0.3 is 13.9 Å². The summed E-state index contributed by atoms with van der Waals surface area (Å²) < 4.78 is 8.99. The van der Waals surface area contributed by atoms with Crippen LogP contribution < -0.4 is 5.56 Å². The number of hydrogen-bond acceptors (Lipinski definition) is 5. The molecule has 0 saturated carbocycles. The van der Waals surface area contributed by atoms with Crippen molar-refractivity contribution in [1.29, 1.82) is 0 Å². The first-order chi connectivity index (χ1) is 14.4. The van der Waals surface area contributed by atoms with Crippen LogP contribution in [0.2, 0.25) is 0 Å². The number of likely N-dealkylation sites (N-methyl/N-ethyl adjacent to an activating group) is 1. The number of carbonyl (C=O) groups is 1. The second kappa shape index (κ2) is 7.78. The van der Waals surface area contributed by atoms with Gasteiger partial charge in [0.05, 0.1) is 17.1 Å². The predicted octanol–water partition coefficient (Wildman–Crippen LogP) is 2.93. The fraction of sp³-hybridized carbons (Fsp3) is 0.364. The number of aromatic nitrogens is 4. The van der Waals surface area contributed by atoms with Crippen molar-refractivity contribution in [2.45, 2.75) is 39.8 Å². The summed E-state index contributed by atoms with van der Waals surface area (Å²) in [7, 11) is 1.72. The van der Waals surface area contributed by atoms with E-state index in [1.807, 2.05) is 49.6 Å². The molecule has 0 bridgehead atoms. The number of rotatable bonds is 6. The summed E-state index contributed by atoms with van der Waals surface area (Å²) in [5.74, 6) is 0.604. The van der Waals surface area contributed by atoms with Crippen LogP contribution in [0, 0.1) is 6.92 Å². The van der Waals surface area contributed by atoms with Gasteiger partial charge in [-0.15, -0.1) is 0 Å². The Labute approximate surface area is 173 Å². The molecule has 0 atom stereocenters. The van der Waals surface area contributed by atoms with Gasteiger partial charge in [-0.3, -0.25) is 14.6 Å². The minimum Gasteiger partial charge on any atom is -0.459 e. The number of fused-ring (bicyclic) bond motifs is 3. The van der Waals surface area contributed by atoms with Crippen LogP contribution >= 0.6 is 0 Å². The molecule has 4 rings (SSSR count). The molecular weight excluding hydrogens is 382 g/mol. The summed E-state index contributed by atoms with van der Waals surface area (Å²) in [5, 5.41) is 4.92. The summed E-state index contributed by atoms with van der Waals surface area (Å²) in [6.45, 7) is 6.31. The third-order valence-corrected chi connectivity index (χ3v) is 5.26. The van der Waals surface area contributed by atoms with Gasteiger partial charge in [-0.2, -0.15) is 5.10 Å². The van der Waals surface area contributed by atoms with Crippen molar-refractivity contribution in [3.05, 3.63) is 58.5 Å². The third-order valence-electron chi connectivity index (χ3n) is 5.26. The monoisotopic (exact) mass is 407 g/mol. The summed E-state index contributed by atoms with van der Waals surface area (Å²) in [6.07, 6.45) is 4.00. The Morgan fingerprint density at radius 3 is 2.80 bits per heavy atom. The minimum atomic E-state index is -0.295. The van der Waals surface area contributed by atoms with Gasteiger partial charge in [0.25, 0.3) is 5.56 Å². The number of amides is 1. The van der Waals surface area contributed by atoms with E-state index in [2.05, 4.69) is 10.1 Å². The zero-order valence-corrected chi connectivity index (χ0v) is 17.6. The van der Waals surface area contributed by atoms with Gasteiger partial charge in [0.1, 0.15) is 17.8 Å². The first kappa shape index (κ1) is 19.9. The fourth-order valence-electron chi connectivity index (χ4n) is 3.72. The average Bonchev–Trinajstić information content (AvgIpc) is 3.24. The maximum absolute atomic E-state index is 13.2. The Bertz CT molecular complexity index is 1270. The molecule has 8 heteroatoms. The Hall–Kier alpha value is -3.42. The van der Waals surface area contributed by atoms with Gasteiger partial charge in [0, 0.05) is 44.0 Å². The summed E-state index contributed by atoms with van der Waals surface area (Å²) in [4.78, 5) is 31.8. The SMILES string of the molecule is Cc1cc2c(o1)c1cnn(CC(=O)N(C)CCc3ccccn3)c(=O)c1n2C(C)C. The van der Waals surface area contributed by atoms with E-state index in [0.29, 0.717) is 29.5 Å². The molecule has 0 aliphatic heterocycles. The first-order valence-corrected chi connectivity index (χ1v) is 10.0. The van der Waals surface area contributed by atoms with Crippen molar-refractivity contribution in [1.82, 2.24) is 24.2 Å². The van der Waals surface area contributed by atoms with Crippen LogP contribution in [0.4, 0.5) is 0 Å². The molecule has 0 radical (unpaired) electrons. The van der Waals surface area contributed by atoms with Gasteiger partial charge in [-0.05, 0) is 32.9 Å². The number of carbonyl (C=O) groups excluding carboxylic acids is 1. The van der Waals surface area contributed by atoms with Crippen LogP contribution in [0.15, 0.2) is 45.9 Å². The summed E-state index contributed by atoms with van der Waals surface area (Å²) >= 11 is 0. The topological polar surface area (TPSA) is 86.2 Å². The average molecular weight is 407 g/mol. The van der Waals surface area contributed by atoms with E-state index in [1.54, 1.807) is 24.3 Å². The Balaban J connectivity index is 1.61. The highest BCUT2D eigenvalue weighted by molar-refractivity contribution is 6.04. The van der Waals surface area contributed by atoms with E-state index in [1.165, 1.54) is 4.68 Å². The number of nitrogens with zero attached hydrogens (tertiary/aromatic N) is 5. The molecule has 4 aromatic heterocycles. The molecule has 4 heterocycles. The third kappa shape index (κ3) is 3.49. The van der Waals surface area contributed by atoms with Crippen molar-refractivity contribution < 1.29 is 9.21 Å². The van der Waals surface area contributed by atoms with Gasteiger partial charge in [-0.1, -0.05) is 6.07 Å². The summed E-state index contributed by atoms with van der Waals surface area (Å²) in [6, 6.07) is 7.69. The van der Waals surface area contributed by atoms with Crippen molar-refractivity contribution in [3.63, 3.8) is 0 Å². The molecule has 30 heavy (non-hydrogen) atoms. The van der Waals surface area contributed by atoms with Gasteiger partial charge in [0.15, 0.2) is 5.58 Å². The molecule has 4 aromatic rings. The quantitative estimate of drug-likeness (QED) is 0.491. The Morgan fingerprint density at radius 1 is 1.30 bits per heavy atom. The van der Waals surface area contributed by atoms with Crippen LogP contribution in [0.3, 0.4) is 0 Å². The lowest BCUT2D eigenvalue weighted by atomic mass is 10.2. The van der Waals surface area contributed by atoms with Crippen molar-refractivity contribution in [2.24, 2.45) is 0 Å². The minimum absolute atomic E-state index is 0.0577. The number of pyridine rings is 1. The van der Waals surface area contributed by atoms with Gasteiger partial charge >= 0.3 is 0 Å². The van der Waals surface area contributed by atoms with Crippen molar-refractivity contribution in [2.75, 3.05) is 13.6 Å². The molecule has 0 aliphatic rings. The standard InChI is InChI=1S/C22H25N5O3/c1-14(2)27-18-11-15(3)30-21(18)17-12-24-26(22(29)20(17)27)13-19(28)25(4)10-8-16-7-5-6-9-23-16/h5-7,9,11-12,14H,8,10,13H2,1-4H3. The molecule has 8 nitrogen and oxygen atoms in total. The van der Waals surface area contributed by atoms with Crippen LogP contribution in [-0.2, 0) is 17.8 Å². The molecule has 0 aliphatic carbocycles. The molecule has 0 aromatic carbocycles. The van der Waals surface area contributed by atoms with Crippen LogP contribution in [0.1, 0.15) is 31.3 Å². The maximum atomic E-state index is 13.2. The second-order valence-electron chi connectivity index (χ2n) is 7.79. The highest BCUT2D eigenvalue weighted by atomic mass is 16.3. The smallest absolute Gasteiger partial charge is 0.291 e. The summed E-state index contributed by atoms with van der Waals surface area (Å²) in [5.41, 5.74) is 2.66. The number of aryl methyl sites for hydroxylation is 1. The van der Waals surface area contributed by atoms with E-state index < -0.39 is 0 Å². The highest BCUT2D eigenvalue weighted by Gasteiger charge is 2.22. The molecule has 156 valence electrons. The predicted molar refractivity (Wildman–Crippen MR) is 114 cm³/mol. The molecule has 1 amide bonds.